The Morgan fingerprint density at radius 3 is 1.98 bits per heavy atom. The molecule has 5 aromatic heterocycles. The number of hydrogen-bond acceptors (Lipinski definition) is 10. The average Bonchev–Trinajstić information content (AvgIpc) is 3.93. The summed E-state index contributed by atoms with van der Waals surface area (Å²) in [7, 11) is 0. The molecule has 22 heteroatoms. The predicted octanol–water partition coefficient (Wildman–Crippen LogP) is 4.41. The Kier molecular flexibility index (Phi) is 7.99. The van der Waals surface area contributed by atoms with Gasteiger partial charge in [-0.1, -0.05) is 11.6 Å². The number of nitrogens with zero attached hydrogens (tertiary/aromatic N) is 7. The molecule has 0 saturated carbocycles. The third kappa shape index (κ3) is 5.52. The minimum absolute atomic E-state index is 0.0193. The number of alkyl halides is 3. The summed E-state index contributed by atoms with van der Waals surface area (Å²) in [4.78, 5) is 40.4. The van der Waals surface area contributed by atoms with Gasteiger partial charge < -0.3 is 25.8 Å². The quantitative estimate of drug-likeness (QED) is 0.0962. The highest BCUT2D eigenvalue weighted by molar-refractivity contribution is 6.34. The molecule has 8 aromatic rings. The van der Waals surface area contributed by atoms with E-state index < -0.39 is 46.6 Å². The van der Waals surface area contributed by atoms with Gasteiger partial charge in [0.05, 0.1) is 79.2 Å². The van der Waals surface area contributed by atoms with Gasteiger partial charge in [0.15, 0.2) is 13.3 Å². The molecule has 0 saturated heterocycles. The standard InChI is InChI=1S/C37H23ClF4N10O7/c38-23-7-26-18(4-15(23)35(55)56)29-21(10-47-52(29)12-50-27-8-24(39)16(36(57)58)5-19(27)30-13(32(50)44)1-2-59-30)33(45)49(26)11-51-28-17-3-14(34(53)54)22(37(40,41)42)6-25(17)48-31(43)20(28)9-46-51/h3-10,44-45H,1-2,11-12H2,(H5,43,46,48,53,54,55,56,57,58)/p+2. The van der Waals surface area contributed by atoms with Crippen LogP contribution in [-0.2, 0) is 25.9 Å². The van der Waals surface area contributed by atoms with Crippen LogP contribution in [-0.4, -0.2) is 64.4 Å². The lowest BCUT2D eigenvalue weighted by Gasteiger charge is -2.16. The molecule has 0 spiro atoms. The zero-order valence-electron chi connectivity index (χ0n) is 29.7. The van der Waals surface area contributed by atoms with Crippen LogP contribution in [0.5, 0.6) is 5.75 Å². The van der Waals surface area contributed by atoms with Crippen LogP contribution in [0.1, 0.15) is 42.2 Å². The number of aromatic carboxylic acids is 3. The van der Waals surface area contributed by atoms with Gasteiger partial charge in [0, 0.05) is 29.3 Å². The molecule has 3 aromatic carbocycles. The maximum absolute atomic E-state index is 15.2. The van der Waals surface area contributed by atoms with Gasteiger partial charge in [0.25, 0.3) is 11.6 Å². The highest BCUT2D eigenvalue weighted by atomic mass is 35.5. The number of nitrogens with two attached hydrogens (primary N) is 3. The largest absolute Gasteiger partial charge is 0.492 e. The fourth-order valence-electron chi connectivity index (χ4n) is 7.75. The number of nitrogen functional groups attached to an aromatic ring is 3. The molecule has 6 heterocycles. The number of ether oxygens (including phenoxy) is 1. The number of fused-ring (bicyclic) bond motifs is 9. The molecule has 0 aliphatic carbocycles. The van der Waals surface area contributed by atoms with Gasteiger partial charge in [-0.05, 0) is 24.3 Å². The van der Waals surface area contributed by atoms with E-state index in [1.165, 1.54) is 43.0 Å². The number of halogens is 5. The van der Waals surface area contributed by atoms with E-state index >= 15 is 4.39 Å². The Hall–Kier alpha value is -7.55. The maximum atomic E-state index is 15.2. The van der Waals surface area contributed by atoms with Crippen molar-refractivity contribution < 1.29 is 61.1 Å². The third-order valence-corrected chi connectivity index (χ3v) is 10.7. The SMILES string of the molecule is Nc1nc2cc(C(F)(F)F)c(C(=O)O)cc2c2c1cnn2C[n+]1c(N)c2cnn(C[n+]3c(N)c4c(c5cc(C(=O)O)c(F)cc53)OCC4)c2c2cc(C(=O)O)c(Cl)cc21. The predicted molar refractivity (Wildman–Crippen MR) is 201 cm³/mol. The van der Waals surface area contributed by atoms with Crippen LogP contribution in [0, 0.1) is 5.82 Å². The number of benzene rings is 3. The van der Waals surface area contributed by atoms with Crippen molar-refractivity contribution in [3.63, 3.8) is 0 Å². The molecule has 1 aliphatic rings. The summed E-state index contributed by atoms with van der Waals surface area (Å²) in [5, 5.41) is 39.2. The summed E-state index contributed by atoms with van der Waals surface area (Å²) in [5.74, 6) is -5.39. The summed E-state index contributed by atoms with van der Waals surface area (Å²) in [6.07, 6.45) is -1.97. The second-order valence-corrected chi connectivity index (χ2v) is 14.1. The van der Waals surface area contributed by atoms with Crippen molar-refractivity contribution >= 4 is 101 Å². The fourth-order valence-corrected chi connectivity index (χ4v) is 7.99. The summed E-state index contributed by atoms with van der Waals surface area (Å²) >= 11 is 6.52. The van der Waals surface area contributed by atoms with Crippen LogP contribution >= 0.6 is 11.6 Å². The molecule has 0 bridgehead atoms. The average molecular weight is 833 g/mol. The van der Waals surface area contributed by atoms with Gasteiger partial charge in [-0.3, -0.25) is 11.5 Å². The molecular formula is C37H25ClF4N10O7+2. The summed E-state index contributed by atoms with van der Waals surface area (Å²) < 4.78 is 68.6. The minimum Gasteiger partial charge on any atom is -0.492 e. The smallest absolute Gasteiger partial charge is 0.417 e. The number of carboxylic acid groups (broad SMARTS) is 3. The van der Waals surface area contributed by atoms with Crippen molar-refractivity contribution in [2.75, 3.05) is 23.8 Å². The molecule has 1 aliphatic heterocycles. The number of anilines is 3. The van der Waals surface area contributed by atoms with Gasteiger partial charge in [0.2, 0.25) is 0 Å². The molecule has 0 fully saturated rings. The third-order valence-electron chi connectivity index (χ3n) is 10.4. The number of carbonyl (C=O) groups is 3. The molecule has 0 amide bonds. The van der Waals surface area contributed by atoms with Crippen molar-refractivity contribution in [3.8, 4) is 5.75 Å². The Bertz CT molecular complexity index is 3260. The number of rotatable bonds is 7. The van der Waals surface area contributed by atoms with Gasteiger partial charge >= 0.3 is 24.1 Å². The number of hydrogen-bond donors (Lipinski definition) is 6. The molecular weight excluding hydrogens is 808 g/mol. The van der Waals surface area contributed by atoms with Crippen molar-refractivity contribution in [1.82, 2.24) is 24.5 Å². The zero-order chi connectivity index (χ0) is 42.0. The molecule has 9 rings (SSSR count). The topological polar surface area (TPSA) is 255 Å². The second-order valence-electron chi connectivity index (χ2n) is 13.7. The van der Waals surface area contributed by atoms with Crippen molar-refractivity contribution in [3.05, 3.63) is 87.4 Å². The van der Waals surface area contributed by atoms with Crippen LogP contribution in [0.3, 0.4) is 0 Å². The highest BCUT2D eigenvalue weighted by Crippen LogP contribution is 2.39. The van der Waals surface area contributed by atoms with Crippen LogP contribution < -0.4 is 31.1 Å². The van der Waals surface area contributed by atoms with E-state index in [1.807, 2.05) is 0 Å². The lowest BCUT2D eigenvalue weighted by atomic mass is 10.0. The molecule has 0 unspecified atom stereocenters. The fraction of sp³-hybridized carbons (Fsp3) is 0.135. The van der Waals surface area contributed by atoms with E-state index in [4.69, 9.17) is 33.5 Å². The molecule has 298 valence electrons. The number of pyridine rings is 3. The Balaban J connectivity index is 1.28. The number of carboxylic acids is 3. The van der Waals surface area contributed by atoms with Crippen LogP contribution in [0.4, 0.5) is 35.0 Å². The molecule has 59 heavy (non-hydrogen) atoms. The van der Waals surface area contributed by atoms with E-state index in [-0.39, 0.29) is 102 Å². The Morgan fingerprint density at radius 1 is 0.763 bits per heavy atom. The first-order valence-electron chi connectivity index (χ1n) is 17.2. The minimum atomic E-state index is -5.03. The van der Waals surface area contributed by atoms with Gasteiger partial charge in [-0.2, -0.15) is 23.4 Å². The summed E-state index contributed by atoms with van der Waals surface area (Å²) in [5.41, 5.74) is 17.4. The van der Waals surface area contributed by atoms with E-state index in [2.05, 4.69) is 15.2 Å². The van der Waals surface area contributed by atoms with Crippen molar-refractivity contribution in [2.45, 2.75) is 25.9 Å². The highest BCUT2D eigenvalue weighted by Gasteiger charge is 2.37. The van der Waals surface area contributed by atoms with Crippen LogP contribution in [0.25, 0.3) is 54.5 Å². The van der Waals surface area contributed by atoms with E-state index in [0.29, 0.717) is 23.8 Å². The lowest BCUT2D eigenvalue weighted by molar-refractivity contribution is -0.663. The molecule has 17 nitrogen and oxygen atoms in total. The van der Waals surface area contributed by atoms with Gasteiger partial charge in [0.1, 0.15) is 33.8 Å². The summed E-state index contributed by atoms with van der Waals surface area (Å²) in [6.45, 7) is -0.286. The maximum Gasteiger partial charge on any atom is 0.417 e. The van der Waals surface area contributed by atoms with E-state index in [1.54, 1.807) is 0 Å². The Morgan fingerprint density at radius 2 is 1.34 bits per heavy atom. The molecule has 0 radical (unpaired) electrons. The first-order valence-corrected chi connectivity index (χ1v) is 17.6. The lowest BCUT2D eigenvalue weighted by Crippen LogP contribution is -2.43. The van der Waals surface area contributed by atoms with Crippen LogP contribution in [0.2, 0.25) is 5.02 Å². The first kappa shape index (κ1) is 37.1. The van der Waals surface area contributed by atoms with Gasteiger partial charge in [-0.25, -0.2) is 42.3 Å². The normalized spacial score (nSPS) is 12.9. The molecule has 9 N–H and O–H groups in total. The second kappa shape index (κ2) is 12.7. The van der Waals surface area contributed by atoms with Gasteiger partial charge in [-0.15, -0.1) is 0 Å². The number of aromatic nitrogens is 7. The van der Waals surface area contributed by atoms with Crippen molar-refractivity contribution in [2.24, 2.45) is 0 Å². The van der Waals surface area contributed by atoms with Crippen molar-refractivity contribution in [1.29, 1.82) is 0 Å². The Labute approximate surface area is 329 Å². The first-order chi connectivity index (χ1) is 27.9. The van der Waals surface area contributed by atoms with Crippen LogP contribution in [0.15, 0.2) is 48.8 Å². The zero-order valence-corrected chi connectivity index (χ0v) is 30.4. The van der Waals surface area contributed by atoms with E-state index in [9.17, 15) is 42.9 Å². The summed E-state index contributed by atoms with van der Waals surface area (Å²) in [6, 6.07) is 6.27. The molecule has 0 atom stereocenters. The monoisotopic (exact) mass is 832 g/mol. The van der Waals surface area contributed by atoms with E-state index in [0.717, 1.165) is 18.2 Å².